The Balaban J connectivity index is 1.87. The van der Waals surface area contributed by atoms with Gasteiger partial charge in [0.15, 0.2) is 0 Å². The fourth-order valence-electron chi connectivity index (χ4n) is 2.70. The minimum Gasteiger partial charge on any atom is -0.446 e. The Morgan fingerprint density at radius 1 is 1.54 bits per heavy atom. The normalized spacial score (nSPS) is 20.6. The second-order valence-electron chi connectivity index (χ2n) is 5.83. The Labute approximate surface area is 149 Å². The molecule has 5 nitrogen and oxygen atoms in total. The van der Waals surface area contributed by atoms with Crippen LogP contribution in [0.2, 0.25) is 5.02 Å². The minimum atomic E-state index is -1.02. The van der Waals surface area contributed by atoms with Crippen molar-refractivity contribution in [2.45, 2.75) is 38.3 Å². The molecule has 134 valence electrons. The van der Waals surface area contributed by atoms with E-state index in [0.717, 1.165) is 19.3 Å². The topological polar surface area (TPSA) is 58.6 Å². The average molecular weight is 377 g/mol. The molecule has 8 heteroatoms. The number of carbonyl (C=O) groups excluding carboxylic acids is 1. The lowest BCUT2D eigenvalue weighted by Gasteiger charge is -2.36. The first-order chi connectivity index (χ1) is 11.4. The van der Waals surface area contributed by atoms with Crippen LogP contribution in [0.3, 0.4) is 0 Å². The van der Waals surface area contributed by atoms with Gasteiger partial charge < -0.3 is 9.64 Å². The number of hydrogen-bond acceptors (Lipinski definition) is 3. The van der Waals surface area contributed by atoms with Gasteiger partial charge in [0.2, 0.25) is 0 Å². The van der Waals surface area contributed by atoms with E-state index < -0.39 is 16.8 Å². The summed E-state index contributed by atoms with van der Waals surface area (Å²) >= 11 is 5.69. The van der Waals surface area contributed by atoms with Crippen LogP contribution in [0.1, 0.15) is 37.8 Å². The smallest absolute Gasteiger partial charge is 0.410 e. The van der Waals surface area contributed by atoms with Crippen LogP contribution in [0.25, 0.3) is 0 Å². The fraction of sp³-hybridized carbons (Fsp3) is 0.562. The lowest BCUT2D eigenvalue weighted by molar-refractivity contribution is 0.00938. The van der Waals surface area contributed by atoms with E-state index in [2.05, 4.69) is 4.72 Å². The van der Waals surface area contributed by atoms with Gasteiger partial charge in [0.1, 0.15) is 11.9 Å². The van der Waals surface area contributed by atoms with Crippen molar-refractivity contribution in [3.63, 3.8) is 0 Å². The molecule has 1 amide bonds. The number of hydrogen-bond donors (Lipinski definition) is 1. The van der Waals surface area contributed by atoms with Gasteiger partial charge in [-0.15, -0.1) is 0 Å². The van der Waals surface area contributed by atoms with E-state index in [1.807, 2.05) is 6.92 Å². The fourth-order valence-corrected chi connectivity index (χ4v) is 3.25. The van der Waals surface area contributed by atoms with Gasteiger partial charge in [-0.2, -0.15) is 0 Å². The zero-order valence-corrected chi connectivity index (χ0v) is 15.3. The van der Waals surface area contributed by atoms with E-state index in [1.165, 1.54) is 12.1 Å². The molecule has 0 aliphatic carbocycles. The van der Waals surface area contributed by atoms with E-state index in [4.69, 9.17) is 16.3 Å². The third kappa shape index (κ3) is 5.16. The Morgan fingerprint density at radius 3 is 2.92 bits per heavy atom. The van der Waals surface area contributed by atoms with E-state index in [0.29, 0.717) is 18.7 Å². The molecule has 1 aromatic rings. The highest BCUT2D eigenvalue weighted by Gasteiger charge is 2.30. The molecule has 1 aliphatic heterocycles. The quantitative estimate of drug-likeness (QED) is 0.742. The lowest BCUT2D eigenvalue weighted by Crippen LogP contribution is -2.43. The van der Waals surface area contributed by atoms with Gasteiger partial charge in [0.25, 0.3) is 0 Å². The molecule has 0 radical (unpaired) electrons. The lowest BCUT2D eigenvalue weighted by atomic mass is 10.0. The molecule has 1 saturated heterocycles. The molecule has 0 bridgehead atoms. The van der Waals surface area contributed by atoms with Crippen molar-refractivity contribution in [2.24, 2.45) is 0 Å². The molecule has 2 rings (SSSR count). The predicted octanol–water partition coefficient (Wildman–Crippen LogP) is 3.41. The maximum atomic E-state index is 13.6. The Kier molecular flexibility index (Phi) is 7.01. The van der Waals surface area contributed by atoms with Crippen LogP contribution in [0, 0.1) is 5.82 Å². The highest BCUT2D eigenvalue weighted by atomic mass is 35.5. The van der Waals surface area contributed by atoms with E-state index in [9.17, 15) is 13.4 Å². The maximum Gasteiger partial charge on any atom is 0.410 e. The van der Waals surface area contributed by atoms with Crippen LogP contribution in [-0.4, -0.2) is 40.7 Å². The molecule has 0 spiro atoms. The molecule has 1 fully saturated rings. The number of ether oxygens (including phenoxy) is 1. The molecular formula is C16H22ClFN2O3S. The van der Waals surface area contributed by atoms with Crippen LogP contribution in [0.15, 0.2) is 18.2 Å². The molecule has 0 saturated carbocycles. The van der Waals surface area contributed by atoms with Gasteiger partial charge >= 0.3 is 6.09 Å². The first-order valence-corrected chi connectivity index (χ1v) is 9.81. The standard InChI is InChI=1S/C16H22ClFN2O3S/c1-11(12-5-6-14(17)15(18)10-12)20-9-7-13(23-16(20)21)4-3-8-19-24(2)22/h5-6,10-11,13,19H,3-4,7-9H2,1-2H3. The first kappa shape index (κ1) is 19.1. The van der Waals surface area contributed by atoms with E-state index in [-0.39, 0.29) is 23.3 Å². The van der Waals surface area contributed by atoms with Crippen LogP contribution < -0.4 is 4.72 Å². The van der Waals surface area contributed by atoms with Gasteiger partial charge in [0, 0.05) is 25.8 Å². The predicted molar refractivity (Wildman–Crippen MR) is 92.7 cm³/mol. The van der Waals surface area contributed by atoms with E-state index >= 15 is 0 Å². The molecule has 0 aromatic heterocycles. The maximum absolute atomic E-state index is 13.6. The molecule has 1 N–H and O–H groups in total. The third-order valence-electron chi connectivity index (χ3n) is 4.10. The van der Waals surface area contributed by atoms with Crippen molar-refractivity contribution >= 4 is 28.7 Å². The molecular weight excluding hydrogens is 355 g/mol. The summed E-state index contributed by atoms with van der Waals surface area (Å²) in [5, 5.41) is 0.0638. The number of amides is 1. The Hall–Kier alpha value is -1.18. The van der Waals surface area contributed by atoms with Gasteiger partial charge in [0.05, 0.1) is 22.1 Å². The number of rotatable bonds is 7. The summed E-state index contributed by atoms with van der Waals surface area (Å²) in [6.45, 7) is 3.02. The van der Waals surface area contributed by atoms with Crippen LogP contribution in [0.5, 0.6) is 0 Å². The number of benzene rings is 1. The number of carbonyl (C=O) groups is 1. The van der Waals surface area contributed by atoms with Crippen molar-refractivity contribution in [1.29, 1.82) is 0 Å². The second-order valence-corrected chi connectivity index (χ2v) is 7.43. The highest BCUT2D eigenvalue weighted by molar-refractivity contribution is 7.82. The second kappa shape index (κ2) is 8.78. The summed E-state index contributed by atoms with van der Waals surface area (Å²) in [6.07, 6.45) is 3.31. The van der Waals surface area contributed by atoms with Gasteiger partial charge in [-0.25, -0.2) is 18.1 Å². The molecule has 1 aromatic carbocycles. The summed E-state index contributed by atoms with van der Waals surface area (Å²) in [4.78, 5) is 13.8. The number of nitrogens with one attached hydrogen (secondary N) is 1. The van der Waals surface area contributed by atoms with Crippen molar-refractivity contribution in [3.05, 3.63) is 34.6 Å². The van der Waals surface area contributed by atoms with Gasteiger partial charge in [-0.1, -0.05) is 17.7 Å². The first-order valence-electron chi connectivity index (χ1n) is 7.87. The molecule has 1 aliphatic rings. The van der Waals surface area contributed by atoms with Crippen LogP contribution in [-0.2, 0) is 15.7 Å². The molecule has 24 heavy (non-hydrogen) atoms. The summed E-state index contributed by atoms with van der Waals surface area (Å²) < 4.78 is 32.8. The van der Waals surface area contributed by atoms with Crippen molar-refractivity contribution < 1.29 is 18.1 Å². The van der Waals surface area contributed by atoms with Crippen LogP contribution >= 0.6 is 11.6 Å². The monoisotopic (exact) mass is 376 g/mol. The Morgan fingerprint density at radius 2 is 2.29 bits per heavy atom. The Bertz CT molecular complexity index is 617. The molecule has 3 atom stereocenters. The number of halogens is 2. The van der Waals surface area contributed by atoms with Crippen LogP contribution in [0.4, 0.5) is 9.18 Å². The summed E-state index contributed by atoms with van der Waals surface area (Å²) in [7, 11) is -1.02. The zero-order chi connectivity index (χ0) is 17.7. The average Bonchev–Trinajstić information content (AvgIpc) is 2.53. The number of nitrogens with zero attached hydrogens (tertiary/aromatic N) is 1. The summed E-state index contributed by atoms with van der Waals surface area (Å²) in [5.74, 6) is -0.495. The highest BCUT2D eigenvalue weighted by Crippen LogP contribution is 2.28. The molecule has 3 unspecified atom stereocenters. The van der Waals surface area contributed by atoms with Crippen molar-refractivity contribution in [2.75, 3.05) is 19.3 Å². The summed E-state index contributed by atoms with van der Waals surface area (Å²) in [5.41, 5.74) is 0.682. The van der Waals surface area contributed by atoms with E-state index in [1.54, 1.807) is 17.2 Å². The number of cyclic esters (lactones) is 1. The zero-order valence-electron chi connectivity index (χ0n) is 13.8. The van der Waals surface area contributed by atoms with Crippen molar-refractivity contribution in [1.82, 2.24) is 9.62 Å². The van der Waals surface area contributed by atoms with Gasteiger partial charge in [-0.3, -0.25) is 0 Å². The van der Waals surface area contributed by atoms with Crippen molar-refractivity contribution in [3.8, 4) is 0 Å². The third-order valence-corrected chi connectivity index (χ3v) is 5.01. The SMILES string of the molecule is CC(c1ccc(Cl)c(F)c1)N1CCC(CCCNS(C)=O)OC1=O. The minimum absolute atomic E-state index is 0.0638. The summed E-state index contributed by atoms with van der Waals surface area (Å²) in [6, 6.07) is 4.27. The molecule has 1 heterocycles. The largest absolute Gasteiger partial charge is 0.446 e. The van der Waals surface area contributed by atoms with Gasteiger partial charge in [-0.05, 0) is 37.5 Å².